The van der Waals surface area contributed by atoms with Crippen LogP contribution in [0.15, 0.2) is 144 Å². The highest BCUT2D eigenvalue weighted by molar-refractivity contribution is 7.80. The zero-order valence-electron chi connectivity index (χ0n) is 20.2. The normalized spacial score (nSPS) is 11.4. The molecule has 0 bridgehead atoms. The zero-order chi connectivity index (χ0) is 24.8. The topological polar surface area (TPSA) is 0 Å². The smallest absolute Gasteiger partial charge is 0.00465 e. The van der Waals surface area contributed by atoms with E-state index in [-0.39, 0.29) is 0 Å². The maximum atomic E-state index is 4.68. The van der Waals surface area contributed by atoms with Gasteiger partial charge in [0.25, 0.3) is 0 Å². The Morgan fingerprint density at radius 3 is 1.70 bits per heavy atom. The number of benzene rings is 7. The molecular weight excluding hydrogens is 464 g/mol. The van der Waals surface area contributed by atoms with Crippen LogP contribution in [0.3, 0.4) is 0 Å². The first-order chi connectivity index (χ1) is 18.2. The van der Waals surface area contributed by atoms with Crippen LogP contribution in [0.1, 0.15) is 0 Å². The molecule has 7 aromatic rings. The fourth-order valence-electron chi connectivity index (χ4n) is 5.50. The van der Waals surface area contributed by atoms with Gasteiger partial charge in [-0.05, 0) is 83.9 Å². The molecule has 0 radical (unpaired) electrons. The lowest BCUT2D eigenvalue weighted by molar-refractivity contribution is 1.52. The molecule has 0 aromatic heterocycles. The fourth-order valence-corrected chi connectivity index (χ4v) is 5.71. The van der Waals surface area contributed by atoms with E-state index in [9.17, 15) is 0 Å². The molecule has 7 rings (SSSR count). The second kappa shape index (κ2) is 8.96. The molecule has 7 aromatic carbocycles. The van der Waals surface area contributed by atoms with E-state index in [0.29, 0.717) is 0 Å². The Morgan fingerprint density at radius 1 is 0.324 bits per heavy atom. The number of rotatable bonds is 3. The highest BCUT2D eigenvalue weighted by atomic mass is 32.1. The number of hydrogen-bond acceptors (Lipinski definition) is 1. The largest absolute Gasteiger partial charge is 0.143 e. The maximum absolute atomic E-state index is 4.68. The van der Waals surface area contributed by atoms with Gasteiger partial charge in [-0.25, -0.2) is 0 Å². The average Bonchev–Trinajstić information content (AvgIpc) is 2.96. The summed E-state index contributed by atoms with van der Waals surface area (Å²) in [5, 5.41) is 7.52. The monoisotopic (exact) mass is 488 g/mol. The van der Waals surface area contributed by atoms with Gasteiger partial charge in [0.15, 0.2) is 0 Å². The lowest BCUT2D eigenvalue weighted by atomic mass is 9.90. The Morgan fingerprint density at radius 2 is 0.919 bits per heavy atom. The molecule has 0 amide bonds. The van der Waals surface area contributed by atoms with Gasteiger partial charge in [0.2, 0.25) is 0 Å². The molecule has 0 nitrogen and oxygen atoms in total. The lowest BCUT2D eigenvalue weighted by Crippen LogP contribution is -1.88. The summed E-state index contributed by atoms with van der Waals surface area (Å²) in [5.41, 5.74) is 7.40. The third kappa shape index (κ3) is 3.89. The van der Waals surface area contributed by atoms with E-state index in [1.807, 2.05) is 0 Å². The predicted octanol–water partition coefficient (Wildman–Crippen LogP) is 10.4. The molecule has 0 spiro atoms. The molecule has 1 heteroatoms. The summed E-state index contributed by atoms with van der Waals surface area (Å²) in [6, 6.07) is 50.3. The first kappa shape index (κ1) is 21.9. The van der Waals surface area contributed by atoms with Gasteiger partial charge in [0.1, 0.15) is 0 Å². The summed E-state index contributed by atoms with van der Waals surface area (Å²) in [4.78, 5) is 0.970. The van der Waals surface area contributed by atoms with Gasteiger partial charge >= 0.3 is 0 Å². The highest BCUT2D eigenvalue weighted by Gasteiger charge is 2.12. The molecule has 174 valence electrons. The molecule has 0 saturated carbocycles. The van der Waals surface area contributed by atoms with Gasteiger partial charge < -0.3 is 0 Å². The van der Waals surface area contributed by atoms with E-state index in [1.165, 1.54) is 65.7 Å². The van der Waals surface area contributed by atoms with Gasteiger partial charge in [0.05, 0.1) is 0 Å². The molecule has 0 N–H and O–H groups in total. The van der Waals surface area contributed by atoms with Gasteiger partial charge in [-0.2, -0.15) is 0 Å². The van der Waals surface area contributed by atoms with Crippen molar-refractivity contribution in [2.75, 3.05) is 0 Å². The van der Waals surface area contributed by atoms with Crippen LogP contribution in [0.5, 0.6) is 0 Å². The predicted molar refractivity (Wildman–Crippen MR) is 163 cm³/mol. The SMILES string of the molecule is Sc1ccc2c(-c3ccc(-c4cccc5ccccc45)cc3)ccc(-c3ccc4ccccc4c3)c2c1. The van der Waals surface area contributed by atoms with Gasteiger partial charge in [-0.15, -0.1) is 12.6 Å². The molecule has 0 aliphatic carbocycles. The number of hydrogen-bond donors (Lipinski definition) is 1. The summed E-state index contributed by atoms with van der Waals surface area (Å²) in [6.07, 6.45) is 0. The molecule has 0 fully saturated rings. The number of thiol groups is 1. The Kier molecular flexibility index (Phi) is 5.30. The first-order valence-corrected chi connectivity index (χ1v) is 13.0. The van der Waals surface area contributed by atoms with Crippen LogP contribution >= 0.6 is 12.6 Å². The van der Waals surface area contributed by atoms with Crippen molar-refractivity contribution < 1.29 is 0 Å². The Hall–Kier alpha value is -4.33. The second-order valence-corrected chi connectivity index (χ2v) is 10.1. The van der Waals surface area contributed by atoms with Crippen molar-refractivity contribution in [1.29, 1.82) is 0 Å². The quantitative estimate of drug-likeness (QED) is 0.235. The summed E-state index contributed by atoms with van der Waals surface area (Å²) in [6.45, 7) is 0. The maximum Gasteiger partial charge on any atom is 0.00465 e. The summed E-state index contributed by atoms with van der Waals surface area (Å²) < 4.78 is 0. The van der Waals surface area contributed by atoms with Crippen LogP contribution in [-0.4, -0.2) is 0 Å². The van der Waals surface area contributed by atoms with E-state index in [2.05, 4.69) is 152 Å². The van der Waals surface area contributed by atoms with Crippen LogP contribution in [0.4, 0.5) is 0 Å². The molecule has 0 atom stereocenters. The van der Waals surface area contributed by atoms with Crippen LogP contribution in [0, 0.1) is 0 Å². The number of fused-ring (bicyclic) bond motifs is 3. The minimum atomic E-state index is 0.970. The van der Waals surface area contributed by atoms with Crippen molar-refractivity contribution in [1.82, 2.24) is 0 Å². The minimum Gasteiger partial charge on any atom is -0.143 e. The molecule has 0 saturated heterocycles. The Balaban J connectivity index is 1.35. The Labute approximate surface area is 222 Å². The van der Waals surface area contributed by atoms with E-state index >= 15 is 0 Å². The summed E-state index contributed by atoms with van der Waals surface area (Å²) in [7, 11) is 0. The zero-order valence-corrected chi connectivity index (χ0v) is 21.1. The van der Waals surface area contributed by atoms with Crippen LogP contribution in [-0.2, 0) is 0 Å². The summed E-state index contributed by atoms with van der Waals surface area (Å²) in [5.74, 6) is 0. The van der Waals surface area contributed by atoms with Crippen molar-refractivity contribution in [3.05, 3.63) is 140 Å². The van der Waals surface area contributed by atoms with Crippen LogP contribution in [0.2, 0.25) is 0 Å². The third-order valence-electron chi connectivity index (χ3n) is 7.36. The van der Waals surface area contributed by atoms with Gasteiger partial charge in [-0.1, -0.05) is 121 Å². The lowest BCUT2D eigenvalue weighted by Gasteiger charge is -2.14. The van der Waals surface area contributed by atoms with E-state index in [1.54, 1.807) is 0 Å². The van der Waals surface area contributed by atoms with Crippen molar-refractivity contribution in [3.63, 3.8) is 0 Å². The van der Waals surface area contributed by atoms with Crippen molar-refractivity contribution >= 4 is 44.9 Å². The molecule has 0 aliphatic rings. The minimum absolute atomic E-state index is 0.970. The van der Waals surface area contributed by atoms with E-state index < -0.39 is 0 Å². The van der Waals surface area contributed by atoms with Crippen molar-refractivity contribution in [3.8, 4) is 33.4 Å². The molecule has 0 heterocycles. The fraction of sp³-hybridized carbons (Fsp3) is 0. The standard InChI is InChI=1S/C36H24S/c37-30-18-19-35-33(20-21-34(36(35)23-30)29-17-12-24-6-1-2-8-28(24)22-29)27-15-13-26(14-16-27)32-11-5-9-25-7-3-4-10-31(25)32/h1-23,37H. The molecule has 37 heavy (non-hydrogen) atoms. The van der Waals surface area contributed by atoms with Gasteiger partial charge in [0, 0.05) is 4.90 Å². The van der Waals surface area contributed by atoms with Crippen LogP contribution < -0.4 is 0 Å². The summed E-state index contributed by atoms with van der Waals surface area (Å²) >= 11 is 4.68. The average molecular weight is 489 g/mol. The van der Waals surface area contributed by atoms with Crippen molar-refractivity contribution in [2.24, 2.45) is 0 Å². The second-order valence-electron chi connectivity index (χ2n) is 9.56. The van der Waals surface area contributed by atoms with Crippen molar-refractivity contribution in [2.45, 2.75) is 4.90 Å². The Bertz CT molecular complexity index is 1920. The van der Waals surface area contributed by atoms with E-state index in [4.69, 9.17) is 0 Å². The third-order valence-corrected chi connectivity index (χ3v) is 7.64. The molecule has 0 unspecified atom stereocenters. The van der Waals surface area contributed by atoms with Crippen LogP contribution in [0.25, 0.3) is 65.7 Å². The molecular formula is C36H24S. The van der Waals surface area contributed by atoms with Gasteiger partial charge in [-0.3, -0.25) is 0 Å². The highest BCUT2D eigenvalue weighted by Crippen LogP contribution is 2.38. The first-order valence-electron chi connectivity index (χ1n) is 12.6. The molecule has 0 aliphatic heterocycles. The van der Waals surface area contributed by atoms with E-state index in [0.717, 1.165) is 4.90 Å².